The zero-order chi connectivity index (χ0) is 17.5. The van der Waals surface area contributed by atoms with Crippen molar-refractivity contribution in [3.63, 3.8) is 0 Å². The Labute approximate surface area is 152 Å². The largest absolute Gasteiger partial charge is 0.444 e. The van der Waals surface area contributed by atoms with E-state index in [1.165, 1.54) is 5.69 Å². The summed E-state index contributed by atoms with van der Waals surface area (Å²) in [6.45, 7) is 11.4. The van der Waals surface area contributed by atoms with Gasteiger partial charge in [0, 0.05) is 37.9 Å². The minimum Gasteiger partial charge on any atom is -0.444 e. The van der Waals surface area contributed by atoms with Crippen LogP contribution in [0, 0.1) is 6.92 Å². The third-order valence-corrected chi connectivity index (χ3v) is 5.56. The zero-order valence-electron chi connectivity index (χ0n) is 15.0. The average Bonchev–Trinajstić information content (AvgIpc) is 2.77. The summed E-state index contributed by atoms with van der Waals surface area (Å²) >= 11 is 3.52. The van der Waals surface area contributed by atoms with Crippen molar-refractivity contribution in [2.24, 2.45) is 0 Å². The van der Waals surface area contributed by atoms with E-state index in [2.05, 4.69) is 37.5 Å². The van der Waals surface area contributed by atoms with Gasteiger partial charge in [-0.1, -0.05) is 0 Å². The molecule has 0 unspecified atom stereocenters. The minimum absolute atomic E-state index is 0.184. The Kier molecular flexibility index (Phi) is 4.93. The van der Waals surface area contributed by atoms with Crippen molar-refractivity contribution < 1.29 is 9.53 Å². The maximum absolute atomic E-state index is 12.3. The molecule has 0 spiro atoms. The first kappa shape index (κ1) is 17.7. The van der Waals surface area contributed by atoms with Crippen LogP contribution in [0.15, 0.2) is 10.7 Å². The van der Waals surface area contributed by atoms with Crippen molar-refractivity contribution in [3.05, 3.63) is 16.4 Å². The fourth-order valence-corrected chi connectivity index (χ4v) is 3.73. The second kappa shape index (κ2) is 6.67. The first-order chi connectivity index (χ1) is 11.2. The summed E-state index contributed by atoms with van der Waals surface area (Å²) in [5, 5.41) is 4.46. The topological polar surface area (TPSA) is 50.6 Å². The molecule has 2 aliphatic rings. The number of likely N-dealkylation sites (tertiary alicyclic amines) is 2. The number of piperidine rings is 1. The standard InChI is InChI=1S/C17H27BrN4O2/c1-12-15(18)8-19-22(12)14-10-21(11-14)13-6-5-7-20(9-13)16(23)24-17(2,3)4/h8,13-14H,5-7,9-11H2,1-4H3/t13-/m1/s1. The van der Waals surface area contributed by atoms with Crippen LogP contribution in [0.4, 0.5) is 4.79 Å². The number of carbonyl (C=O) groups excluding carboxylic acids is 1. The van der Waals surface area contributed by atoms with Gasteiger partial charge in [0.2, 0.25) is 0 Å². The predicted octanol–water partition coefficient (Wildman–Crippen LogP) is 3.21. The average molecular weight is 399 g/mol. The van der Waals surface area contributed by atoms with Crippen molar-refractivity contribution in [3.8, 4) is 0 Å². The van der Waals surface area contributed by atoms with Crippen LogP contribution >= 0.6 is 15.9 Å². The van der Waals surface area contributed by atoms with E-state index >= 15 is 0 Å². The Balaban J connectivity index is 1.53. The van der Waals surface area contributed by atoms with Crippen molar-refractivity contribution in [1.29, 1.82) is 0 Å². The van der Waals surface area contributed by atoms with Crippen LogP contribution in [0.3, 0.4) is 0 Å². The molecule has 0 N–H and O–H groups in total. The Morgan fingerprint density at radius 2 is 2.00 bits per heavy atom. The van der Waals surface area contributed by atoms with Gasteiger partial charge in [0.15, 0.2) is 0 Å². The molecule has 2 fully saturated rings. The molecule has 1 atom stereocenters. The van der Waals surface area contributed by atoms with E-state index in [4.69, 9.17) is 4.74 Å². The Hall–Kier alpha value is -1.08. The molecule has 24 heavy (non-hydrogen) atoms. The first-order valence-corrected chi connectivity index (χ1v) is 9.45. The Bertz CT molecular complexity index is 604. The number of ether oxygens (including phenoxy) is 1. The van der Waals surface area contributed by atoms with Gasteiger partial charge in [0.1, 0.15) is 5.60 Å². The molecule has 0 aliphatic carbocycles. The lowest BCUT2D eigenvalue weighted by atomic mass is 9.98. The third-order valence-electron chi connectivity index (χ3n) is 4.79. The molecule has 0 radical (unpaired) electrons. The van der Waals surface area contributed by atoms with Crippen molar-refractivity contribution in [2.45, 2.75) is 58.2 Å². The lowest BCUT2D eigenvalue weighted by Gasteiger charge is -2.47. The molecule has 1 aromatic heterocycles. The quantitative estimate of drug-likeness (QED) is 0.767. The van der Waals surface area contributed by atoms with Crippen LogP contribution in [0.25, 0.3) is 0 Å². The molecule has 1 amide bonds. The summed E-state index contributed by atoms with van der Waals surface area (Å²) < 4.78 is 8.69. The number of nitrogens with zero attached hydrogens (tertiary/aromatic N) is 4. The highest BCUT2D eigenvalue weighted by Crippen LogP contribution is 2.30. The van der Waals surface area contributed by atoms with E-state index in [-0.39, 0.29) is 6.09 Å². The number of halogens is 1. The number of hydrogen-bond acceptors (Lipinski definition) is 4. The van der Waals surface area contributed by atoms with Crippen LogP contribution in [0.1, 0.15) is 45.3 Å². The molecule has 0 bridgehead atoms. The van der Waals surface area contributed by atoms with Gasteiger partial charge in [0.05, 0.1) is 16.7 Å². The molecule has 3 rings (SSSR count). The first-order valence-electron chi connectivity index (χ1n) is 8.66. The smallest absolute Gasteiger partial charge is 0.410 e. The molecular formula is C17H27BrN4O2. The molecule has 3 heterocycles. The van der Waals surface area contributed by atoms with Crippen LogP contribution in [0.2, 0.25) is 0 Å². The van der Waals surface area contributed by atoms with E-state index < -0.39 is 5.60 Å². The number of amides is 1. The highest BCUT2D eigenvalue weighted by atomic mass is 79.9. The van der Waals surface area contributed by atoms with E-state index in [9.17, 15) is 4.79 Å². The molecule has 7 heteroatoms. The fourth-order valence-electron chi connectivity index (χ4n) is 3.46. The molecule has 0 aromatic carbocycles. The summed E-state index contributed by atoms with van der Waals surface area (Å²) in [6, 6.07) is 0.870. The second-order valence-electron chi connectivity index (χ2n) is 7.85. The van der Waals surface area contributed by atoms with Crippen LogP contribution in [0.5, 0.6) is 0 Å². The van der Waals surface area contributed by atoms with Gasteiger partial charge in [-0.25, -0.2) is 4.79 Å². The molecule has 0 saturated carbocycles. The van der Waals surface area contributed by atoms with E-state index in [0.29, 0.717) is 12.1 Å². The van der Waals surface area contributed by atoms with Gasteiger partial charge in [-0.2, -0.15) is 5.10 Å². The van der Waals surface area contributed by atoms with Gasteiger partial charge in [-0.15, -0.1) is 0 Å². The fraction of sp³-hybridized carbons (Fsp3) is 0.765. The monoisotopic (exact) mass is 398 g/mol. The zero-order valence-corrected chi connectivity index (χ0v) is 16.5. The lowest BCUT2D eigenvalue weighted by molar-refractivity contribution is -0.00910. The maximum Gasteiger partial charge on any atom is 0.410 e. The SMILES string of the molecule is Cc1c(Br)cnn1C1CN([C@@H]2CCCN(C(=O)OC(C)(C)C)C2)C1. The van der Waals surface area contributed by atoms with Gasteiger partial charge < -0.3 is 9.64 Å². The Morgan fingerprint density at radius 3 is 2.58 bits per heavy atom. The van der Waals surface area contributed by atoms with Crippen LogP contribution < -0.4 is 0 Å². The van der Waals surface area contributed by atoms with Crippen LogP contribution in [-0.4, -0.2) is 63.5 Å². The van der Waals surface area contributed by atoms with E-state index in [0.717, 1.165) is 43.5 Å². The highest BCUT2D eigenvalue weighted by molar-refractivity contribution is 9.10. The summed E-state index contributed by atoms with van der Waals surface area (Å²) in [5.41, 5.74) is 0.746. The summed E-state index contributed by atoms with van der Waals surface area (Å²) in [7, 11) is 0. The molecule has 134 valence electrons. The summed E-state index contributed by atoms with van der Waals surface area (Å²) in [6.07, 6.45) is 3.87. The van der Waals surface area contributed by atoms with E-state index in [1.807, 2.05) is 31.9 Å². The highest BCUT2D eigenvalue weighted by Gasteiger charge is 2.38. The van der Waals surface area contributed by atoms with Crippen molar-refractivity contribution >= 4 is 22.0 Å². The number of hydrogen-bond donors (Lipinski definition) is 0. The second-order valence-corrected chi connectivity index (χ2v) is 8.71. The molecular weight excluding hydrogens is 372 g/mol. The molecule has 2 aliphatic heterocycles. The Morgan fingerprint density at radius 1 is 1.29 bits per heavy atom. The lowest BCUT2D eigenvalue weighted by Crippen LogP contribution is -2.58. The van der Waals surface area contributed by atoms with Gasteiger partial charge in [-0.3, -0.25) is 9.58 Å². The normalized spacial score (nSPS) is 23.2. The van der Waals surface area contributed by atoms with Gasteiger partial charge >= 0.3 is 6.09 Å². The number of carbonyl (C=O) groups is 1. The van der Waals surface area contributed by atoms with Crippen molar-refractivity contribution in [2.75, 3.05) is 26.2 Å². The molecule has 6 nitrogen and oxygen atoms in total. The summed E-state index contributed by atoms with van der Waals surface area (Å²) in [4.78, 5) is 16.6. The maximum atomic E-state index is 12.3. The number of aromatic nitrogens is 2. The van der Waals surface area contributed by atoms with Gasteiger partial charge in [-0.05, 0) is 56.5 Å². The van der Waals surface area contributed by atoms with Gasteiger partial charge in [0.25, 0.3) is 0 Å². The minimum atomic E-state index is -0.434. The molecule has 1 aromatic rings. The predicted molar refractivity (Wildman–Crippen MR) is 96.1 cm³/mol. The van der Waals surface area contributed by atoms with Crippen LogP contribution in [-0.2, 0) is 4.74 Å². The van der Waals surface area contributed by atoms with Crippen molar-refractivity contribution in [1.82, 2.24) is 19.6 Å². The summed E-state index contributed by atoms with van der Waals surface area (Å²) in [5.74, 6) is 0. The number of rotatable bonds is 2. The molecule has 2 saturated heterocycles. The third kappa shape index (κ3) is 3.77. The van der Waals surface area contributed by atoms with E-state index in [1.54, 1.807) is 0 Å².